The predicted molar refractivity (Wildman–Crippen MR) is 68.3 cm³/mol. The summed E-state index contributed by atoms with van der Waals surface area (Å²) in [6.07, 6.45) is -0.710. The van der Waals surface area contributed by atoms with Gasteiger partial charge < -0.3 is 25.5 Å². The van der Waals surface area contributed by atoms with Crippen LogP contribution in [0.3, 0.4) is 0 Å². The highest BCUT2D eigenvalue weighted by Crippen LogP contribution is 2.12. The molecule has 120 valence electrons. The molecule has 0 fully saturated rings. The fraction of sp³-hybridized carbons (Fsp3) is 0.250. The Labute approximate surface area is 125 Å². The van der Waals surface area contributed by atoms with Crippen molar-refractivity contribution in [3.63, 3.8) is 0 Å². The van der Waals surface area contributed by atoms with Gasteiger partial charge in [0.2, 0.25) is 15.9 Å². The minimum absolute atomic E-state index is 0.232. The monoisotopic (exact) mass is 328 g/mol. The minimum atomic E-state index is -4.23. The summed E-state index contributed by atoms with van der Waals surface area (Å²) in [5.74, 6) is -3.98. The van der Waals surface area contributed by atoms with Crippen LogP contribution in [0.5, 0.6) is 0 Å². The number of rotatable bonds is 8. The van der Waals surface area contributed by atoms with Gasteiger partial charge in [0.1, 0.15) is 0 Å². The molecule has 0 unspecified atom stereocenters. The van der Waals surface area contributed by atoms with Crippen molar-refractivity contribution in [2.45, 2.75) is 23.8 Å². The number of benzene rings is 1. The third kappa shape index (κ3) is 4.82. The fourth-order valence-electron chi connectivity index (χ4n) is 1.54. The van der Waals surface area contributed by atoms with E-state index in [4.69, 9.17) is 5.73 Å². The number of nitrogens with two attached hydrogens (primary N) is 1. The van der Waals surface area contributed by atoms with Gasteiger partial charge >= 0.3 is 0 Å². The van der Waals surface area contributed by atoms with E-state index in [2.05, 4.69) is 0 Å². The van der Waals surface area contributed by atoms with Crippen LogP contribution in [0, 0.1) is 0 Å². The number of hydrogen-bond acceptors (Lipinski definition) is 7. The molecule has 0 aliphatic rings. The first kappa shape index (κ1) is 17.6. The SMILES string of the molecule is NC(=O)CC[C@H](NS(=O)(=O)c1ccc(C(=O)[O-])cc1)C(=O)[O-]. The van der Waals surface area contributed by atoms with Crippen LogP contribution in [-0.2, 0) is 19.6 Å². The second-order valence-corrected chi connectivity index (χ2v) is 6.02. The van der Waals surface area contributed by atoms with Crippen LogP contribution < -0.4 is 20.7 Å². The number of carbonyl (C=O) groups is 3. The summed E-state index contributed by atoms with van der Waals surface area (Å²) in [5, 5.41) is 21.5. The van der Waals surface area contributed by atoms with Crippen LogP contribution >= 0.6 is 0 Å². The van der Waals surface area contributed by atoms with E-state index in [0.717, 1.165) is 24.3 Å². The quantitative estimate of drug-likeness (QED) is 0.503. The molecule has 3 N–H and O–H groups in total. The first-order valence-electron chi connectivity index (χ1n) is 5.96. The van der Waals surface area contributed by atoms with E-state index in [-0.39, 0.29) is 23.3 Å². The average Bonchev–Trinajstić information content (AvgIpc) is 2.43. The lowest BCUT2D eigenvalue weighted by Gasteiger charge is -2.19. The van der Waals surface area contributed by atoms with E-state index in [1.807, 2.05) is 4.72 Å². The van der Waals surface area contributed by atoms with Crippen LogP contribution in [0.15, 0.2) is 29.2 Å². The van der Waals surface area contributed by atoms with Crippen molar-refractivity contribution in [3.8, 4) is 0 Å². The van der Waals surface area contributed by atoms with E-state index < -0.39 is 33.9 Å². The van der Waals surface area contributed by atoms with Crippen LogP contribution in [0.4, 0.5) is 0 Å². The van der Waals surface area contributed by atoms with Crippen LogP contribution in [0.1, 0.15) is 23.2 Å². The van der Waals surface area contributed by atoms with Crippen LogP contribution in [0.25, 0.3) is 0 Å². The van der Waals surface area contributed by atoms with E-state index in [0.29, 0.717) is 0 Å². The van der Waals surface area contributed by atoms with Gasteiger partial charge in [0.25, 0.3) is 0 Å². The largest absolute Gasteiger partial charge is 0.548 e. The maximum absolute atomic E-state index is 12.0. The lowest BCUT2D eigenvalue weighted by Crippen LogP contribution is -2.48. The Hall–Kier alpha value is -2.46. The Morgan fingerprint density at radius 1 is 1.14 bits per heavy atom. The van der Waals surface area contributed by atoms with Crippen molar-refractivity contribution < 1.29 is 33.0 Å². The molecule has 0 aromatic heterocycles. The summed E-state index contributed by atoms with van der Waals surface area (Å²) >= 11 is 0. The number of carbonyl (C=O) groups excluding carboxylic acids is 3. The lowest BCUT2D eigenvalue weighted by atomic mass is 10.2. The average molecular weight is 328 g/mol. The van der Waals surface area contributed by atoms with Crippen molar-refractivity contribution in [2.24, 2.45) is 5.73 Å². The van der Waals surface area contributed by atoms with E-state index in [1.165, 1.54) is 0 Å². The molecule has 0 saturated heterocycles. The Morgan fingerprint density at radius 2 is 1.68 bits per heavy atom. The molecular formula is C12H12N2O7S-2. The Morgan fingerprint density at radius 3 is 2.09 bits per heavy atom. The third-order valence-electron chi connectivity index (χ3n) is 2.66. The summed E-state index contributed by atoms with van der Waals surface area (Å²) in [7, 11) is -4.23. The molecule has 10 heteroatoms. The van der Waals surface area contributed by atoms with Gasteiger partial charge in [-0.15, -0.1) is 0 Å². The van der Waals surface area contributed by atoms with Gasteiger partial charge in [0.05, 0.1) is 22.9 Å². The van der Waals surface area contributed by atoms with Crippen molar-refractivity contribution in [1.29, 1.82) is 0 Å². The normalized spacial score (nSPS) is 12.5. The molecule has 1 aromatic rings. The smallest absolute Gasteiger partial charge is 0.241 e. The number of carboxylic acids is 2. The number of carboxylic acid groups (broad SMARTS) is 2. The second kappa shape index (κ2) is 7.00. The van der Waals surface area contributed by atoms with Crippen molar-refractivity contribution in [2.75, 3.05) is 0 Å². The zero-order chi connectivity index (χ0) is 16.9. The van der Waals surface area contributed by atoms with Gasteiger partial charge in [0.15, 0.2) is 0 Å². The van der Waals surface area contributed by atoms with E-state index in [9.17, 15) is 33.0 Å². The summed E-state index contributed by atoms with van der Waals surface area (Å²) in [4.78, 5) is 31.7. The highest BCUT2D eigenvalue weighted by molar-refractivity contribution is 7.89. The van der Waals surface area contributed by atoms with Gasteiger partial charge in [-0.25, -0.2) is 13.1 Å². The highest BCUT2D eigenvalue weighted by Gasteiger charge is 2.21. The number of hydrogen-bond donors (Lipinski definition) is 2. The molecule has 1 atom stereocenters. The summed E-state index contributed by atoms with van der Waals surface area (Å²) in [6.45, 7) is 0. The number of aliphatic carboxylic acids is 1. The summed E-state index contributed by atoms with van der Waals surface area (Å²) < 4.78 is 25.8. The standard InChI is InChI=1S/C12H14N2O7S/c13-10(15)6-5-9(12(18)19)14-22(20,21)8-3-1-7(2-4-8)11(16)17/h1-4,9,14H,5-6H2,(H2,13,15)(H,16,17)(H,18,19)/p-2/t9-/m0/s1. The molecule has 0 aliphatic carbocycles. The Kier molecular flexibility index (Phi) is 5.60. The summed E-state index contributed by atoms with van der Waals surface area (Å²) in [6, 6.07) is 2.32. The zero-order valence-electron chi connectivity index (χ0n) is 11.1. The third-order valence-corrected chi connectivity index (χ3v) is 4.15. The van der Waals surface area contributed by atoms with Crippen molar-refractivity contribution in [1.82, 2.24) is 4.72 Å². The van der Waals surface area contributed by atoms with Crippen LogP contribution in [0.2, 0.25) is 0 Å². The Bertz CT molecular complexity index is 682. The molecule has 1 aromatic carbocycles. The highest BCUT2D eigenvalue weighted by atomic mass is 32.2. The maximum atomic E-state index is 12.0. The molecule has 0 spiro atoms. The van der Waals surface area contributed by atoms with Crippen LogP contribution in [-0.4, -0.2) is 32.3 Å². The maximum Gasteiger partial charge on any atom is 0.241 e. The molecule has 22 heavy (non-hydrogen) atoms. The summed E-state index contributed by atoms with van der Waals surface area (Å²) in [5.41, 5.74) is 4.64. The molecule has 1 amide bonds. The number of sulfonamides is 1. The molecule has 0 aliphatic heterocycles. The second-order valence-electron chi connectivity index (χ2n) is 4.31. The Balaban J connectivity index is 2.94. The van der Waals surface area contributed by atoms with Gasteiger partial charge in [-0.2, -0.15) is 0 Å². The lowest BCUT2D eigenvalue weighted by molar-refractivity contribution is -0.308. The first-order chi connectivity index (χ1) is 10.1. The van der Waals surface area contributed by atoms with Gasteiger partial charge in [-0.05, 0) is 24.1 Å². The molecule has 9 nitrogen and oxygen atoms in total. The van der Waals surface area contributed by atoms with Gasteiger partial charge in [-0.3, -0.25) is 4.79 Å². The van der Waals surface area contributed by atoms with Crippen molar-refractivity contribution >= 4 is 27.9 Å². The predicted octanol–water partition coefficient (Wildman–Crippen LogP) is -3.29. The molecule has 0 bridgehead atoms. The first-order valence-corrected chi connectivity index (χ1v) is 7.44. The zero-order valence-corrected chi connectivity index (χ0v) is 12.0. The van der Waals surface area contributed by atoms with Gasteiger partial charge in [0, 0.05) is 6.42 Å². The molecule has 1 rings (SSSR count). The number of aromatic carboxylic acids is 1. The number of primary amides is 1. The molecule has 0 saturated carbocycles. The molecular weight excluding hydrogens is 316 g/mol. The number of amides is 1. The van der Waals surface area contributed by atoms with E-state index in [1.54, 1.807) is 0 Å². The fourth-order valence-corrected chi connectivity index (χ4v) is 2.76. The van der Waals surface area contributed by atoms with Gasteiger partial charge in [-0.1, -0.05) is 12.1 Å². The topological polar surface area (TPSA) is 170 Å². The minimum Gasteiger partial charge on any atom is -0.548 e. The number of nitrogens with one attached hydrogen (secondary N) is 1. The molecule has 0 radical (unpaired) electrons. The van der Waals surface area contributed by atoms with E-state index >= 15 is 0 Å². The van der Waals surface area contributed by atoms with Crippen molar-refractivity contribution in [3.05, 3.63) is 29.8 Å². The molecule has 0 heterocycles.